The first kappa shape index (κ1) is 26.6. The molecule has 2 heterocycles. The molecule has 2 amide bonds. The summed E-state index contributed by atoms with van der Waals surface area (Å²) in [5.74, 6) is 1.55. The molecule has 0 atom stereocenters. The third-order valence-corrected chi connectivity index (χ3v) is 6.12. The summed E-state index contributed by atoms with van der Waals surface area (Å²) < 4.78 is 52.5. The first-order valence-electron chi connectivity index (χ1n) is 12.4. The number of hydrogen-bond donors (Lipinski definition) is 1. The number of carbonyl (C=O) groups excluding carboxylic acids is 1. The van der Waals surface area contributed by atoms with Crippen molar-refractivity contribution in [2.45, 2.75) is 26.2 Å². The van der Waals surface area contributed by atoms with Crippen molar-refractivity contribution in [3.05, 3.63) is 126 Å². The number of furan rings is 1. The number of urea groups is 1. The minimum atomic E-state index is -4.47. The highest BCUT2D eigenvalue weighted by Gasteiger charge is 2.30. The van der Waals surface area contributed by atoms with E-state index in [9.17, 15) is 18.0 Å². The lowest BCUT2D eigenvalue weighted by molar-refractivity contribution is -0.137. The molecule has 204 valence electrons. The number of ether oxygens (including phenoxy) is 1. The molecule has 0 fully saturated rings. The van der Waals surface area contributed by atoms with Gasteiger partial charge in [-0.05, 0) is 67.6 Å². The summed E-state index contributed by atoms with van der Waals surface area (Å²) in [6.45, 7) is 2.00. The zero-order valence-corrected chi connectivity index (χ0v) is 21.4. The minimum Gasteiger partial charge on any atom is -0.467 e. The molecule has 0 saturated heterocycles. The number of aryl methyl sites for hydroxylation is 1. The molecule has 5 rings (SSSR count). The summed E-state index contributed by atoms with van der Waals surface area (Å²) in [4.78, 5) is 14.9. The highest BCUT2D eigenvalue weighted by atomic mass is 19.4. The normalized spacial score (nSPS) is 11.3. The highest BCUT2D eigenvalue weighted by molar-refractivity contribution is 5.89. The SMILES string of the molecule is Cc1nn(-c2ccccc2)c(Oc2ccccc2)c1CN(Cc1ccco1)C(=O)Nc1ccc(C(F)(F)F)cc1. The van der Waals surface area contributed by atoms with Crippen LogP contribution in [0.2, 0.25) is 0 Å². The number of aromatic nitrogens is 2. The molecule has 0 saturated carbocycles. The lowest BCUT2D eigenvalue weighted by Gasteiger charge is -2.23. The average Bonchev–Trinajstić information content (AvgIpc) is 3.57. The number of nitrogens with zero attached hydrogens (tertiary/aromatic N) is 3. The Balaban J connectivity index is 1.48. The Morgan fingerprint density at radius 2 is 1.60 bits per heavy atom. The van der Waals surface area contributed by atoms with E-state index in [-0.39, 0.29) is 18.8 Å². The Bertz CT molecular complexity index is 1550. The average molecular weight is 547 g/mol. The number of rotatable bonds is 8. The van der Waals surface area contributed by atoms with Crippen LogP contribution in [0.3, 0.4) is 0 Å². The first-order chi connectivity index (χ1) is 19.3. The third kappa shape index (κ3) is 6.17. The van der Waals surface area contributed by atoms with Crippen molar-refractivity contribution in [3.63, 3.8) is 0 Å². The predicted octanol–water partition coefficient (Wildman–Crippen LogP) is 7.82. The van der Waals surface area contributed by atoms with E-state index in [0.717, 1.165) is 17.8 Å². The topological polar surface area (TPSA) is 72.5 Å². The number of benzene rings is 3. The van der Waals surface area contributed by atoms with E-state index >= 15 is 0 Å². The van der Waals surface area contributed by atoms with E-state index in [0.29, 0.717) is 28.6 Å². The van der Waals surface area contributed by atoms with Gasteiger partial charge in [-0.1, -0.05) is 36.4 Å². The molecule has 1 N–H and O–H groups in total. The highest BCUT2D eigenvalue weighted by Crippen LogP contribution is 2.33. The van der Waals surface area contributed by atoms with Crippen LogP contribution in [0.4, 0.5) is 23.7 Å². The van der Waals surface area contributed by atoms with Gasteiger partial charge >= 0.3 is 12.2 Å². The van der Waals surface area contributed by atoms with E-state index in [2.05, 4.69) is 5.32 Å². The summed E-state index contributed by atoms with van der Waals surface area (Å²) in [5.41, 5.74) is 1.49. The maximum atomic E-state index is 13.5. The molecule has 0 aliphatic carbocycles. The van der Waals surface area contributed by atoms with Crippen LogP contribution in [-0.4, -0.2) is 20.7 Å². The molecule has 0 spiro atoms. The van der Waals surface area contributed by atoms with Crippen LogP contribution >= 0.6 is 0 Å². The second-order valence-electron chi connectivity index (χ2n) is 8.97. The van der Waals surface area contributed by atoms with Crippen LogP contribution in [0.25, 0.3) is 5.69 Å². The van der Waals surface area contributed by atoms with Crippen molar-refractivity contribution >= 4 is 11.7 Å². The number of anilines is 1. The molecule has 0 unspecified atom stereocenters. The van der Waals surface area contributed by atoms with E-state index in [1.165, 1.54) is 23.3 Å². The molecular formula is C30H25F3N4O3. The Kier molecular flexibility index (Phi) is 7.59. The van der Waals surface area contributed by atoms with Crippen molar-refractivity contribution in [2.24, 2.45) is 0 Å². The summed E-state index contributed by atoms with van der Waals surface area (Å²) in [6, 6.07) is 25.9. The van der Waals surface area contributed by atoms with Crippen LogP contribution in [0.15, 0.2) is 108 Å². The maximum absolute atomic E-state index is 13.5. The van der Waals surface area contributed by atoms with Gasteiger partial charge < -0.3 is 19.4 Å². The Labute approximate surface area is 228 Å². The van der Waals surface area contributed by atoms with Gasteiger partial charge in [0.15, 0.2) is 0 Å². The molecule has 3 aromatic carbocycles. The maximum Gasteiger partial charge on any atom is 0.416 e. The summed E-state index contributed by atoms with van der Waals surface area (Å²) in [6.07, 6.45) is -2.97. The van der Waals surface area contributed by atoms with Gasteiger partial charge in [0.05, 0.1) is 41.9 Å². The largest absolute Gasteiger partial charge is 0.467 e. The molecule has 7 nitrogen and oxygen atoms in total. The molecule has 10 heteroatoms. The number of amides is 2. The van der Waals surface area contributed by atoms with Gasteiger partial charge in [0.25, 0.3) is 0 Å². The summed E-state index contributed by atoms with van der Waals surface area (Å²) in [5, 5.41) is 7.40. The van der Waals surface area contributed by atoms with Gasteiger partial charge in [-0.15, -0.1) is 0 Å². The minimum absolute atomic E-state index is 0.0774. The van der Waals surface area contributed by atoms with Gasteiger partial charge in [0.2, 0.25) is 5.88 Å². The number of halogens is 3. The predicted molar refractivity (Wildman–Crippen MR) is 143 cm³/mol. The van der Waals surface area contributed by atoms with Crippen molar-refractivity contribution in [2.75, 3.05) is 5.32 Å². The van der Waals surface area contributed by atoms with E-state index < -0.39 is 17.8 Å². The molecule has 40 heavy (non-hydrogen) atoms. The smallest absolute Gasteiger partial charge is 0.416 e. The number of alkyl halides is 3. The van der Waals surface area contributed by atoms with E-state index in [1.807, 2.05) is 67.6 Å². The van der Waals surface area contributed by atoms with Crippen LogP contribution in [0.5, 0.6) is 11.6 Å². The second kappa shape index (κ2) is 11.4. The van der Waals surface area contributed by atoms with Crippen molar-refractivity contribution in [1.29, 1.82) is 0 Å². The molecule has 5 aromatic rings. The summed E-state index contributed by atoms with van der Waals surface area (Å²) >= 11 is 0. The van der Waals surface area contributed by atoms with Crippen LogP contribution in [-0.2, 0) is 19.3 Å². The number of nitrogens with one attached hydrogen (secondary N) is 1. The monoisotopic (exact) mass is 546 g/mol. The van der Waals surface area contributed by atoms with Crippen LogP contribution in [0.1, 0.15) is 22.6 Å². The zero-order chi connectivity index (χ0) is 28.1. The van der Waals surface area contributed by atoms with Crippen molar-refractivity contribution < 1.29 is 27.1 Å². The van der Waals surface area contributed by atoms with Gasteiger partial charge in [-0.2, -0.15) is 18.3 Å². The second-order valence-corrected chi connectivity index (χ2v) is 8.97. The van der Waals surface area contributed by atoms with Gasteiger partial charge in [0, 0.05) is 5.69 Å². The fraction of sp³-hybridized carbons (Fsp3) is 0.133. The quantitative estimate of drug-likeness (QED) is 0.215. The number of para-hydroxylation sites is 2. The zero-order valence-electron chi connectivity index (χ0n) is 21.4. The molecular weight excluding hydrogens is 521 g/mol. The lowest BCUT2D eigenvalue weighted by atomic mass is 10.2. The number of carbonyl (C=O) groups is 1. The van der Waals surface area contributed by atoms with Gasteiger partial charge in [-0.3, -0.25) is 0 Å². The molecule has 2 aromatic heterocycles. The van der Waals surface area contributed by atoms with Crippen molar-refractivity contribution in [1.82, 2.24) is 14.7 Å². The molecule has 0 aliphatic rings. The molecule has 0 aliphatic heterocycles. The fourth-order valence-electron chi connectivity index (χ4n) is 4.10. The third-order valence-electron chi connectivity index (χ3n) is 6.12. The Hall–Kier alpha value is -4.99. The first-order valence-corrected chi connectivity index (χ1v) is 12.4. The van der Waals surface area contributed by atoms with E-state index in [1.54, 1.807) is 16.8 Å². The lowest BCUT2D eigenvalue weighted by Crippen LogP contribution is -2.34. The van der Waals surface area contributed by atoms with Gasteiger partial charge in [-0.25, -0.2) is 9.48 Å². The standard InChI is InChI=1S/C30H25F3N4O3/c1-21-27(28(40-25-11-6-3-7-12-25)37(35-21)24-9-4-2-5-10-24)20-36(19-26-13-8-18-39-26)29(38)34-23-16-14-22(15-17-23)30(31,32)33/h2-18H,19-20H2,1H3,(H,34,38). The van der Waals surface area contributed by atoms with Crippen LogP contribution < -0.4 is 10.1 Å². The summed E-state index contributed by atoms with van der Waals surface area (Å²) in [7, 11) is 0. The molecule has 0 radical (unpaired) electrons. The van der Waals surface area contributed by atoms with Gasteiger partial charge in [0.1, 0.15) is 11.5 Å². The van der Waals surface area contributed by atoms with E-state index in [4.69, 9.17) is 14.3 Å². The Morgan fingerprint density at radius 1 is 0.925 bits per heavy atom. The fourth-order valence-corrected chi connectivity index (χ4v) is 4.10. The molecule has 0 bridgehead atoms. The Morgan fingerprint density at radius 3 is 2.23 bits per heavy atom. The van der Waals surface area contributed by atoms with Crippen LogP contribution in [0, 0.1) is 6.92 Å². The van der Waals surface area contributed by atoms with Crippen molar-refractivity contribution in [3.8, 4) is 17.3 Å². The number of hydrogen-bond acceptors (Lipinski definition) is 4.